The van der Waals surface area contributed by atoms with E-state index in [4.69, 9.17) is 14.2 Å². The van der Waals surface area contributed by atoms with Crippen molar-refractivity contribution in [3.63, 3.8) is 0 Å². The Balaban J connectivity index is 2.15. The summed E-state index contributed by atoms with van der Waals surface area (Å²) in [7, 11) is 4.58. The van der Waals surface area contributed by atoms with E-state index in [0.717, 1.165) is 0 Å². The lowest BCUT2D eigenvalue weighted by Gasteiger charge is -2.12. The van der Waals surface area contributed by atoms with E-state index in [1.165, 1.54) is 38.0 Å². The van der Waals surface area contributed by atoms with Gasteiger partial charge in [0.2, 0.25) is 0 Å². The van der Waals surface area contributed by atoms with Gasteiger partial charge in [-0.05, 0) is 42.8 Å². The second-order valence-electron chi connectivity index (χ2n) is 6.32. The van der Waals surface area contributed by atoms with Crippen molar-refractivity contribution in [3.8, 4) is 17.2 Å². The zero-order valence-corrected chi connectivity index (χ0v) is 17.1. The quantitative estimate of drug-likeness (QED) is 0.588. The van der Waals surface area contributed by atoms with Crippen LogP contribution in [0.2, 0.25) is 0 Å². The molecule has 0 atom stereocenters. The second kappa shape index (κ2) is 8.69. The summed E-state index contributed by atoms with van der Waals surface area (Å²) in [5.74, 6) is 0.243. The van der Waals surface area contributed by atoms with Crippen LogP contribution in [0, 0.1) is 0 Å². The number of carboxylic acids is 1. The van der Waals surface area contributed by atoms with Gasteiger partial charge in [0.25, 0.3) is 5.56 Å². The molecule has 0 spiro atoms. The maximum absolute atomic E-state index is 12.9. The lowest BCUT2D eigenvalue weighted by molar-refractivity contribution is -0.255. The topological polar surface area (TPSA) is 103 Å². The van der Waals surface area contributed by atoms with Gasteiger partial charge in [-0.1, -0.05) is 6.07 Å². The van der Waals surface area contributed by atoms with Gasteiger partial charge >= 0.3 is 0 Å². The number of hydrogen-bond donors (Lipinski definition) is 0. The van der Waals surface area contributed by atoms with Crippen LogP contribution < -0.4 is 24.9 Å². The summed E-state index contributed by atoms with van der Waals surface area (Å²) in [4.78, 5) is 28.4. The first-order valence-electron chi connectivity index (χ1n) is 9.17. The molecule has 0 aliphatic heterocycles. The van der Waals surface area contributed by atoms with Crippen LogP contribution in [0.5, 0.6) is 17.2 Å². The van der Waals surface area contributed by atoms with E-state index in [0.29, 0.717) is 40.4 Å². The minimum absolute atomic E-state index is 0.00667. The Morgan fingerprint density at radius 1 is 1.03 bits per heavy atom. The molecule has 8 nitrogen and oxygen atoms in total. The fourth-order valence-electron chi connectivity index (χ4n) is 3.17. The van der Waals surface area contributed by atoms with Gasteiger partial charge in [-0.2, -0.15) is 0 Å². The van der Waals surface area contributed by atoms with Gasteiger partial charge in [0.05, 0.1) is 38.3 Å². The molecule has 0 fully saturated rings. The Morgan fingerprint density at radius 3 is 2.30 bits per heavy atom. The van der Waals surface area contributed by atoms with E-state index in [2.05, 4.69) is 4.98 Å². The molecule has 0 saturated heterocycles. The minimum atomic E-state index is -1.31. The van der Waals surface area contributed by atoms with Gasteiger partial charge in [0, 0.05) is 18.2 Å². The molecule has 8 heteroatoms. The number of carbonyl (C=O) groups excluding carboxylic acids is 1. The Morgan fingerprint density at radius 2 is 1.70 bits per heavy atom. The van der Waals surface area contributed by atoms with E-state index in [9.17, 15) is 14.7 Å². The van der Waals surface area contributed by atoms with Crippen LogP contribution in [-0.4, -0.2) is 36.8 Å². The van der Waals surface area contributed by atoms with E-state index in [1.54, 1.807) is 30.4 Å². The molecule has 1 aromatic heterocycles. The van der Waals surface area contributed by atoms with Gasteiger partial charge in [-0.3, -0.25) is 4.79 Å². The zero-order chi connectivity index (χ0) is 21.8. The smallest absolute Gasteiger partial charge is 0.276 e. The van der Waals surface area contributed by atoms with Crippen LogP contribution >= 0.6 is 0 Å². The number of carbonyl (C=O) groups is 1. The summed E-state index contributed by atoms with van der Waals surface area (Å²) in [5.41, 5.74) is 1.46. The highest BCUT2D eigenvalue weighted by Gasteiger charge is 2.12. The first-order chi connectivity index (χ1) is 14.4. The van der Waals surface area contributed by atoms with Crippen LogP contribution in [0.25, 0.3) is 23.2 Å². The molecule has 0 N–H and O–H groups in total. The van der Waals surface area contributed by atoms with Crippen molar-refractivity contribution in [1.82, 2.24) is 9.55 Å². The Hall–Kier alpha value is -3.81. The molecule has 0 aliphatic rings. The van der Waals surface area contributed by atoms with Gasteiger partial charge in [-0.15, -0.1) is 0 Å². The molecule has 2 aromatic carbocycles. The summed E-state index contributed by atoms with van der Waals surface area (Å²) < 4.78 is 17.5. The second-order valence-corrected chi connectivity index (χ2v) is 6.32. The van der Waals surface area contributed by atoms with E-state index >= 15 is 0 Å². The predicted molar refractivity (Wildman–Crippen MR) is 111 cm³/mol. The number of carboxylic acid groups (broad SMARTS) is 1. The summed E-state index contributed by atoms with van der Waals surface area (Å²) in [5, 5.41) is 11.2. The third kappa shape index (κ3) is 3.84. The number of aromatic nitrogens is 2. The molecule has 0 bridgehead atoms. The highest BCUT2D eigenvalue weighted by atomic mass is 16.5. The molecule has 1 heterocycles. The van der Waals surface area contributed by atoms with Gasteiger partial charge in [0.15, 0.2) is 11.5 Å². The molecule has 3 rings (SSSR count). The van der Waals surface area contributed by atoms with E-state index in [1.807, 2.05) is 6.92 Å². The number of rotatable bonds is 7. The number of nitrogens with zero attached hydrogens (tertiary/aromatic N) is 2. The van der Waals surface area contributed by atoms with E-state index in [-0.39, 0.29) is 16.8 Å². The summed E-state index contributed by atoms with van der Waals surface area (Å²) in [6.45, 7) is 2.24. The lowest BCUT2D eigenvalue weighted by atomic mass is 10.1. The normalized spacial score (nSPS) is 11.1. The monoisotopic (exact) mass is 409 g/mol. The molecular weight excluding hydrogens is 388 g/mol. The molecule has 0 radical (unpaired) electrons. The summed E-state index contributed by atoms with van der Waals surface area (Å²) in [6, 6.07) is 7.76. The number of fused-ring (bicyclic) bond motifs is 1. The maximum atomic E-state index is 12.9. The number of hydrogen-bond acceptors (Lipinski definition) is 7. The van der Waals surface area contributed by atoms with Gasteiger partial charge in [-0.25, -0.2) is 4.98 Å². The van der Waals surface area contributed by atoms with Crippen molar-refractivity contribution in [2.24, 2.45) is 0 Å². The fourth-order valence-corrected chi connectivity index (χ4v) is 3.17. The average Bonchev–Trinajstić information content (AvgIpc) is 2.76. The molecule has 0 amide bonds. The Kier molecular flexibility index (Phi) is 6.06. The summed E-state index contributed by atoms with van der Waals surface area (Å²) in [6.07, 6.45) is 3.24. The molecule has 0 aliphatic carbocycles. The fraction of sp³-hybridized carbons (Fsp3) is 0.227. The van der Waals surface area contributed by atoms with Crippen molar-refractivity contribution in [1.29, 1.82) is 0 Å². The van der Waals surface area contributed by atoms with E-state index < -0.39 is 5.97 Å². The number of aryl methyl sites for hydroxylation is 1. The van der Waals surface area contributed by atoms with Crippen molar-refractivity contribution in [3.05, 3.63) is 57.5 Å². The first-order valence-corrected chi connectivity index (χ1v) is 9.17. The molecule has 3 aromatic rings. The highest BCUT2D eigenvalue weighted by Crippen LogP contribution is 2.35. The van der Waals surface area contributed by atoms with Crippen molar-refractivity contribution >= 4 is 29.2 Å². The third-order valence-corrected chi connectivity index (χ3v) is 4.68. The Bertz CT molecular complexity index is 1200. The van der Waals surface area contributed by atoms with Gasteiger partial charge in [0.1, 0.15) is 11.4 Å². The number of ether oxygens (including phenoxy) is 3. The SMILES string of the molecule is CCn1c(=O)c(/C=C/c2cc(OC)c(OC)cc2OC)nc2cc(C(=O)[O-])ccc21. The Labute approximate surface area is 173 Å². The van der Waals surface area contributed by atoms with Gasteiger partial charge < -0.3 is 28.7 Å². The minimum Gasteiger partial charge on any atom is -0.545 e. The van der Waals surface area contributed by atoms with Crippen LogP contribution in [0.1, 0.15) is 28.5 Å². The van der Waals surface area contributed by atoms with Crippen LogP contribution in [0.3, 0.4) is 0 Å². The molecule has 30 heavy (non-hydrogen) atoms. The van der Waals surface area contributed by atoms with Crippen molar-refractivity contribution in [2.45, 2.75) is 13.5 Å². The first kappa shape index (κ1) is 20.9. The average molecular weight is 409 g/mol. The molecular formula is C22H21N2O6-. The molecule has 0 saturated carbocycles. The number of aromatic carboxylic acids is 1. The van der Waals surface area contributed by atoms with Crippen LogP contribution in [-0.2, 0) is 6.54 Å². The summed E-state index contributed by atoms with van der Waals surface area (Å²) >= 11 is 0. The predicted octanol–water partition coefficient (Wildman–Crippen LogP) is 1.98. The van der Waals surface area contributed by atoms with Crippen LogP contribution in [0.4, 0.5) is 0 Å². The van der Waals surface area contributed by atoms with Crippen molar-refractivity contribution in [2.75, 3.05) is 21.3 Å². The largest absolute Gasteiger partial charge is 0.545 e. The highest BCUT2D eigenvalue weighted by molar-refractivity contribution is 5.91. The van der Waals surface area contributed by atoms with Crippen LogP contribution in [0.15, 0.2) is 35.1 Å². The zero-order valence-electron chi connectivity index (χ0n) is 17.1. The maximum Gasteiger partial charge on any atom is 0.276 e. The lowest BCUT2D eigenvalue weighted by Crippen LogP contribution is -2.25. The number of benzene rings is 2. The van der Waals surface area contributed by atoms with Crippen molar-refractivity contribution < 1.29 is 24.1 Å². The third-order valence-electron chi connectivity index (χ3n) is 4.68. The number of methoxy groups -OCH3 is 3. The molecule has 156 valence electrons. The molecule has 0 unspecified atom stereocenters. The standard InChI is InChI=1S/C22H22N2O6/c1-5-24-17-9-7-14(22(26)27)10-16(17)23-15(21(24)25)8-6-13-11-19(29-3)20(30-4)12-18(13)28-2/h6-12H,5H2,1-4H3,(H,26,27)/p-1/b8-6+.